The van der Waals surface area contributed by atoms with E-state index in [0.717, 1.165) is 11.1 Å². The molecule has 0 saturated carbocycles. The maximum Gasteiger partial charge on any atom is 0.243 e. The number of carbonyl (C=O) groups is 1. The van der Waals surface area contributed by atoms with Crippen LogP contribution in [0.25, 0.3) is 0 Å². The molecule has 0 unspecified atom stereocenters. The molecule has 180 valence electrons. The van der Waals surface area contributed by atoms with Gasteiger partial charge in [0.1, 0.15) is 0 Å². The summed E-state index contributed by atoms with van der Waals surface area (Å²) in [7, 11) is -0.708. The van der Waals surface area contributed by atoms with E-state index in [1.54, 1.807) is 6.07 Å². The van der Waals surface area contributed by atoms with Crippen molar-refractivity contribution >= 4 is 15.9 Å². The number of piperidine rings is 1. The molecule has 2 aromatic carbocycles. The van der Waals surface area contributed by atoms with Gasteiger partial charge in [0, 0.05) is 25.1 Å². The van der Waals surface area contributed by atoms with E-state index in [9.17, 15) is 13.2 Å². The van der Waals surface area contributed by atoms with Crippen molar-refractivity contribution in [3.8, 4) is 11.5 Å². The Morgan fingerprint density at radius 3 is 2.18 bits per heavy atom. The van der Waals surface area contributed by atoms with E-state index >= 15 is 0 Å². The van der Waals surface area contributed by atoms with Gasteiger partial charge < -0.3 is 14.8 Å². The van der Waals surface area contributed by atoms with Crippen molar-refractivity contribution in [2.45, 2.75) is 51.5 Å². The lowest BCUT2D eigenvalue weighted by molar-refractivity contribution is -0.126. The molecule has 1 atom stereocenters. The third-order valence-electron chi connectivity index (χ3n) is 6.53. The fraction of sp³-hybridized carbons (Fsp3) is 0.480. The van der Waals surface area contributed by atoms with E-state index < -0.39 is 10.0 Å². The minimum atomic E-state index is -3.68. The Kier molecular flexibility index (Phi) is 7.69. The molecule has 33 heavy (non-hydrogen) atoms. The van der Waals surface area contributed by atoms with Gasteiger partial charge in [-0.25, -0.2) is 8.42 Å². The molecule has 7 nitrogen and oxygen atoms in total. The zero-order chi connectivity index (χ0) is 24.3. The number of nitrogens with one attached hydrogen (secondary N) is 1. The van der Waals surface area contributed by atoms with Crippen molar-refractivity contribution in [1.29, 1.82) is 0 Å². The number of sulfonamides is 1. The quantitative estimate of drug-likeness (QED) is 0.658. The van der Waals surface area contributed by atoms with E-state index in [0.29, 0.717) is 37.4 Å². The zero-order valence-electron chi connectivity index (χ0n) is 20.3. The van der Waals surface area contributed by atoms with Crippen molar-refractivity contribution in [2.24, 2.45) is 5.92 Å². The van der Waals surface area contributed by atoms with Gasteiger partial charge in [0.25, 0.3) is 0 Å². The van der Waals surface area contributed by atoms with Crippen LogP contribution in [-0.4, -0.2) is 45.9 Å². The molecule has 1 fully saturated rings. The van der Waals surface area contributed by atoms with E-state index in [4.69, 9.17) is 9.47 Å². The number of methoxy groups -OCH3 is 2. The highest BCUT2D eigenvalue weighted by molar-refractivity contribution is 7.89. The predicted molar refractivity (Wildman–Crippen MR) is 128 cm³/mol. The smallest absolute Gasteiger partial charge is 0.243 e. The second kappa shape index (κ2) is 10.1. The molecule has 0 bridgehead atoms. The normalized spacial score (nSPS) is 16.3. The number of ether oxygens (including phenoxy) is 2. The Labute approximate surface area is 197 Å². The van der Waals surface area contributed by atoms with E-state index in [2.05, 4.69) is 38.2 Å². The summed E-state index contributed by atoms with van der Waals surface area (Å²) in [4.78, 5) is 13.1. The summed E-state index contributed by atoms with van der Waals surface area (Å²) in [6.45, 7) is 8.80. The lowest BCUT2D eigenvalue weighted by Crippen LogP contribution is -2.43. The highest BCUT2D eigenvalue weighted by Gasteiger charge is 2.33. The molecular weight excluding hydrogens is 440 g/mol. The predicted octanol–water partition coefficient (Wildman–Crippen LogP) is 3.91. The minimum absolute atomic E-state index is 0.0247. The SMILES string of the molecule is COc1ccc(S(=O)(=O)N2CCC(C(=O)N[C@H](C)c3cc(C)c(C)cc3C)CC2)cc1OC. The lowest BCUT2D eigenvalue weighted by Gasteiger charge is -2.31. The van der Waals surface area contributed by atoms with Gasteiger partial charge >= 0.3 is 0 Å². The zero-order valence-corrected chi connectivity index (χ0v) is 21.1. The highest BCUT2D eigenvalue weighted by Crippen LogP contribution is 2.32. The number of benzene rings is 2. The molecule has 1 saturated heterocycles. The van der Waals surface area contributed by atoms with Gasteiger partial charge in [-0.1, -0.05) is 12.1 Å². The van der Waals surface area contributed by atoms with Crippen LogP contribution in [0.4, 0.5) is 0 Å². The van der Waals surface area contributed by atoms with E-state index in [1.807, 2.05) is 6.92 Å². The average molecular weight is 475 g/mol. The molecule has 2 aromatic rings. The van der Waals surface area contributed by atoms with Crippen LogP contribution >= 0.6 is 0 Å². The number of rotatable bonds is 7. The van der Waals surface area contributed by atoms with Crippen LogP contribution in [0.5, 0.6) is 11.5 Å². The summed E-state index contributed by atoms with van der Waals surface area (Å²) >= 11 is 0. The van der Waals surface area contributed by atoms with Crippen molar-refractivity contribution < 1.29 is 22.7 Å². The van der Waals surface area contributed by atoms with Gasteiger partial charge in [-0.3, -0.25) is 4.79 Å². The van der Waals surface area contributed by atoms with E-state index in [1.165, 1.54) is 41.8 Å². The summed E-state index contributed by atoms with van der Waals surface area (Å²) in [6, 6.07) is 8.75. The van der Waals surface area contributed by atoms with Crippen LogP contribution < -0.4 is 14.8 Å². The first kappa shape index (κ1) is 25.1. The second-order valence-electron chi connectivity index (χ2n) is 8.72. The Balaban J connectivity index is 1.64. The van der Waals surface area contributed by atoms with Crippen molar-refractivity contribution in [3.63, 3.8) is 0 Å². The third-order valence-corrected chi connectivity index (χ3v) is 8.42. The molecule has 1 aliphatic rings. The molecule has 3 rings (SSSR count). The van der Waals surface area contributed by atoms with Gasteiger partial charge in [-0.05, 0) is 74.9 Å². The van der Waals surface area contributed by atoms with Gasteiger partial charge in [0.15, 0.2) is 11.5 Å². The molecule has 0 aliphatic carbocycles. The topological polar surface area (TPSA) is 84.9 Å². The van der Waals surface area contributed by atoms with Crippen LogP contribution in [0.3, 0.4) is 0 Å². The van der Waals surface area contributed by atoms with Crippen LogP contribution in [0.2, 0.25) is 0 Å². The largest absolute Gasteiger partial charge is 0.493 e. The summed E-state index contributed by atoms with van der Waals surface area (Å²) < 4.78 is 38.1. The molecule has 0 radical (unpaired) electrons. The first-order valence-electron chi connectivity index (χ1n) is 11.2. The molecular formula is C25H34N2O5S. The van der Waals surface area contributed by atoms with Gasteiger partial charge in [0.05, 0.1) is 25.2 Å². The molecule has 0 spiro atoms. The van der Waals surface area contributed by atoms with Gasteiger partial charge in [-0.15, -0.1) is 0 Å². The Morgan fingerprint density at radius 2 is 1.58 bits per heavy atom. The number of aryl methyl sites for hydroxylation is 3. The molecule has 1 aliphatic heterocycles. The minimum Gasteiger partial charge on any atom is -0.493 e. The van der Waals surface area contributed by atoms with E-state index in [-0.39, 0.29) is 22.8 Å². The van der Waals surface area contributed by atoms with Gasteiger partial charge in [0.2, 0.25) is 15.9 Å². The van der Waals surface area contributed by atoms with Crippen LogP contribution in [-0.2, 0) is 14.8 Å². The number of amides is 1. The van der Waals surface area contributed by atoms with Crippen molar-refractivity contribution in [1.82, 2.24) is 9.62 Å². The number of carbonyl (C=O) groups excluding carboxylic acids is 1. The maximum atomic E-state index is 13.1. The molecule has 8 heteroatoms. The lowest BCUT2D eigenvalue weighted by atomic mass is 9.94. The van der Waals surface area contributed by atoms with Crippen molar-refractivity contribution in [3.05, 3.63) is 52.6 Å². The Morgan fingerprint density at radius 1 is 0.970 bits per heavy atom. The average Bonchev–Trinajstić information content (AvgIpc) is 2.80. The standard InChI is InChI=1S/C25H34N2O5S/c1-16-13-18(3)22(14-17(16)2)19(4)26-25(28)20-9-11-27(12-10-20)33(29,30)21-7-8-23(31-5)24(15-21)32-6/h7-8,13-15,19-20H,9-12H2,1-6H3,(H,26,28)/t19-/m1/s1. The summed E-state index contributed by atoms with van der Waals surface area (Å²) in [5.74, 6) is 0.600. The number of hydrogen-bond donors (Lipinski definition) is 1. The fourth-order valence-corrected chi connectivity index (χ4v) is 5.83. The van der Waals surface area contributed by atoms with Crippen LogP contribution in [0.15, 0.2) is 35.2 Å². The monoisotopic (exact) mass is 474 g/mol. The number of nitrogens with zero attached hydrogens (tertiary/aromatic N) is 1. The maximum absolute atomic E-state index is 13.1. The summed E-state index contributed by atoms with van der Waals surface area (Å²) in [6.07, 6.45) is 0.966. The summed E-state index contributed by atoms with van der Waals surface area (Å²) in [5, 5.41) is 3.13. The molecule has 1 amide bonds. The fourth-order valence-electron chi connectivity index (χ4n) is 4.34. The van der Waals surface area contributed by atoms with Crippen LogP contribution in [0.1, 0.15) is 48.1 Å². The van der Waals surface area contributed by atoms with Gasteiger partial charge in [-0.2, -0.15) is 4.31 Å². The molecule has 1 N–H and O–H groups in total. The Hall–Kier alpha value is -2.58. The molecule has 1 heterocycles. The van der Waals surface area contributed by atoms with Crippen molar-refractivity contribution in [2.75, 3.05) is 27.3 Å². The second-order valence-corrected chi connectivity index (χ2v) is 10.7. The first-order chi connectivity index (χ1) is 15.6. The Bertz CT molecular complexity index is 1120. The first-order valence-corrected chi connectivity index (χ1v) is 12.6. The molecule has 0 aromatic heterocycles. The highest BCUT2D eigenvalue weighted by atomic mass is 32.2. The summed E-state index contributed by atoms with van der Waals surface area (Å²) in [5.41, 5.74) is 4.70. The van der Waals surface area contributed by atoms with Crippen LogP contribution in [0, 0.1) is 26.7 Å². The third kappa shape index (κ3) is 5.33. The number of hydrogen-bond acceptors (Lipinski definition) is 5.